The smallest absolute Gasteiger partial charge is 0.181 e. The van der Waals surface area contributed by atoms with Crippen molar-refractivity contribution in [3.8, 4) is 0 Å². The third-order valence-electron chi connectivity index (χ3n) is 3.26. The second-order valence-corrected chi connectivity index (χ2v) is 7.03. The van der Waals surface area contributed by atoms with Gasteiger partial charge in [-0.15, -0.1) is 0 Å². The zero-order valence-electron chi connectivity index (χ0n) is 11.6. The van der Waals surface area contributed by atoms with Crippen molar-refractivity contribution in [2.24, 2.45) is 0 Å². The fraction of sp³-hybridized carbons (Fsp3) is 0.250. The van der Waals surface area contributed by atoms with Crippen molar-refractivity contribution >= 4 is 15.5 Å². The molecule has 3 nitrogen and oxygen atoms in total. The number of unbranched alkanes of at least 4 members (excludes halogenated alkanes) is 1. The molecule has 5 heteroatoms. The number of anilines is 1. The molecule has 2 N–H and O–H groups in total. The van der Waals surface area contributed by atoms with Gasteiger partial charge in [0.15, 0.2) is 9.84 Å². The average Bonchev–Trinajstić information content (AvgIpc) is 2.44. The highest BCUT2D eigenvalue weighted by Gasteiger charge is 2.18. The lowest BCUT2D eigenvalue weighted by Gasteiger charge is -2.06. The van der Waals surface area contributed by atoms with E-state index in [1.165, 1.54) is 17.7 Å². The third-order valence-corrected chi connectivity index (χ3v) is 5.09. The number of aryl methyl sites for hydroxylation is 1. The molecule has 112 valence electrons. The highest BCUT2D eigenvalue weighted by molar-refractivity contribution is 7.91. The first-order chi connectivity index (χ1) is 9.99. The number of rotatable bonds is 6. The van der Waals surface area contributed by atoms with Gasteiger partial charge in [0.05, 0.1) is 5.75 Å². The van der Waals surface area contributed by atoms with Crippen LogP contribution in [0.25, 0.3) is 0 Å². The normalized spacial score (nSPS) is 11.5. The van der Waals surface area contributed by atoms with Gasteiger partial charge in [0, 0.05) is 5.69 Å². The van der Waals surface area contributed by atoms with Crippen molar-refractivity contribution in [2.45, 2.75) is 24.2 Å². The monoisotopic (exact) mass is 307 g/mol. The quantitative estimate of drug-likeness (QED) is 0.658. The van der Waals surface area contributed by atoms with Gasteiger partial charge >= 0.3 is 0 Å². The van der Waals surface area contributed by atoms with Gasteiger partial charge in [-0.2, -0.15) is 0 Å². The van der Waals surface area contributed by atoms with Crippen LogP contribution in [0, 0.1) is 5.82 Å². The minimum absolute atomic E-state index is 0.0549. The number of hydrogen-bond acceptors (Lipinski definition) is 3. The molecule has 0 saturated heterocycles. The highest BCUT2D eigenvalue weighted by atomic mass is 32.2. The summed E-state index contributed by atoms with van der Waals surface area (Å²) in [5.74, 6) is -0.834. The van der Waals surface area contributed by atoms with Gasteiger partial charge in [0.1, 0.15) is 10.7 Å². The molecule has 2 aromatic carbocycles. The van der Waals surface area contributed by atoms with Crippen LogP contribution < -0.4 is 5.73 Å². The van der Waals surface area contributed by atoms with Crippen LogP contribution in [0.4, 0.5) is 10.1 Å². The van der Waals surface area contributed by atoms with Gasteiger partial charge in [-0.1, -0.05) is 30.3 Å². The summed E-state index contributed by atoms with van der Waals surface area (Å²) in [6.45, 7) is 0. The van der Waals surface area contributed by atoms with Crippen LogP contribution in [0.15, 0.2) is 53.4 Å². The third kappa shape index (κ3) is 4.29. The lowest BCUT2D eigenvalue weighted by molar-refractivity contribution is 0.564. The Morgan fingerprint density at radius 3 is 2.38 bits per heavy atom. The first-order valence-corrected chi connectivity index (χ1v) is 8.46. The zero-order chi connectivity index (χ0) is 15.3. The summed E-state index contributed by atoms with van der Waals surface area (Å²) < 4.78 is 37.9. The van der Waals surface area contributed by atoms with E-state index in [2.05, 4.69) is 0 Å². The Morgan fingerprint density at radius 2 is 1.71 bits per heavy atom. The summed E-state index contributed by atoms with van der Waals surface area (Å²) in [5.41, 5.74) is 6.81. The predicted molar refractivity (Wildman–Crippen MR) is 82.2 cm³/mol. The first-order valence-electron chi connectivity index (χ1n) is 6.81. The maximum Gasteiger partial charge on any atom is 0.181 e. The standard InChI is InChI=1S/C16H18FNO2S/c17-15-12-14(18)9-10-16(15)21(19,20)11-5-4-8-13-6-2-1-3-7-13/h1-3,6-7,9-10,12H,4-5,8,11,18H2. The maximum atomic E-state index is 13.7. The van der Waals surface area contributed by atoms with Crippen molar-refractivity contribution in [1.82, 2.24) is 0 Å². The van der Waals surface area contributed by atoms with E-state index in [4.69, 9.17) is 5.73 Å². The van der Waals surface area contributed by atoms with Gasteiger partial charge < -0.3 is 5.73 Å². The molecular formula is C16H18FNO2S. The van der Waals surface area contributed by atoms with Gasteiger partial charge in [-0.25, -0.2) is 12.8 Å². The molecular weight excluding hydrogens is 289 g/mol. The van der Waals surface area contributed by atoms with Gasteiger partial charge in [-0.05, 0) is 43.0 Å². The Labute approximate surface area is 124 Å². The van der Waals surface area contributed by atoms with Crippen LogP contribution in [0.3, 0.4) is 0 Å². The molecule has 2 aromatic rings. The molecule has 0 spiro atoms. The summed E-state index contributed by atoms with van der Waals surface area (Å²) in [5, 5.41) is 0. The Morgan fingerprint density at radius 1 is 1.00 bits per heavy atom. The summed E-state index contributed by atoms with van der Waals surface area (Å²) in [6.07, 6.45) is 2.07. The van der Waals surface area contributed by atoms with E-state index in [9.17, 15) is 12.8 Å². The van der Waals surface area contributed by atoms with Gasteiger partial charge in [0.2, 0.25) is 0 Å². The number of benzene rings is 2. The van der Waals surface area contributed by atoms with Crippen molar-refractivity contribution in [3.05, 3.63) is 59.9 Å². The molecule has 0 aliphatic rings. The molecule has 0 saturated carbocycles. The average molecular weight is 307 g/mol. The molecule has 0 unspecified atom stereocenters. The minimum atomic E-state index is -3.59. The van der Waals surface area contributed by atoms with Gasteiger partial charge in [0.25, 0.3) is 0 Å². The summed E-state index contributed by atoms with van der Waals surface area (Å²) in [6, 6.07) is 13.5. The van der Waals surface area contributed by atoms with Crippen LogP contribution in [-0.4, -0.2) is 14.2 Å². The number of sulfone groups is 1. The van der Waals surface area contributed by atoms with Crippen LogP contribution in [0.5, 0.6) is 0 Å². The van der Waals surface area contributed by atoms with E-state index in [1.54, 1.807) is 0 Å². The molecule has 0 bridgehead atoms. The lowest BCUT2D eigenvalue weighted by atomic mass is 10.1. The maximum absolute atomic E-state index is 13.7. The molecule has 0 aromatic heterocycles. The molecule has 21 heavy (non-hydrogen) atoms. The van der Waals surface area contributed by atoms with Crippen LogP contribution >= 0.6 is 0 Å². The number of nitrogen functional groups attached to an aromatic ring is 1. The molecule has 0 aliphatic carbocycles. The second kappa shape index (κ2) is 6.72. The summed E-state index contributed by atoms with van der Waals surface area (Å²) >= 11 is 0. The van der Waals surface area contributed by atoms with Crippen LogP contribution in [0.2, 0.25) is 0 Å². The van der Waals surface area contributed by atoms with Gasteiger partial charge in [-0.3, -0.25) is 0 Å². The first kappa shape index (κ1) is 15.5. The zero-order valence-corrected chi connectivity index (χ0v) is 12.4. The van der Waals surface area contributed by atoms with Crippen LogP contribution in [-0.2, 0) is 16.3 Å². The molecule has 2 rings (SSSR count). The topological polar surface area (TPSA) is 60.2 Å². The molecule has 0 aliphatic heterocycles. The van der Waals surface area contributed by atoms with E-state index in [0.29, 0.717) is 6.42 Å². The molecule has 0 atom stereocenters. The van der Waals surface area contributed by atoms with Crippen molar-refractivity contribution in [3.63, 3.8) is 0 Å². The van der Waals surface area contributed by atoms with Crippen molar-refractivity contribution in [1.29, 1.82) is 0 Å². The number of hydrogen-bond donors (Lipinski definition) is 1. The largest absolute Gasteiger partial charge is 0.399 e. The predicted octanol–water partition coefficient (Wildman–Crippen LogP) is 3.20. The lowest BCUT2D eigenvalue weighted by Crippen LogP contribution is -2.09. The van der Waals surface area contributed by atoms with E-state index in [-0.39, 0.29) is 16.3 Å². The highest BCUT2D eigenvalue weighted by Crippen LogP contribution is 2.19. The molecule has 0 fully saturated rings. The molecule has 0 amide bonds. The summed E-state index contributed by atoms with van der Waals surface area (Å²) in [4.78, 5) is -0.267. The molecule has 0 radical (unpaired) electrons. The Kier molecular flexibility index (Phi) is 4.96. The van der Waals surface area contributed by atoms with E-state index in [0.717, 1.165) is 18.9 Å². The number of halogens is 1. The SMILES string of the molecule is Nc1ccc(S(=O)(=O)CCCCc2ccccc2)c(F)c1. The Hall–Kier alpha value is -1.88. The Balaban J connectivity index is 1.92. The Bertz CT molecular complexity index is 699. The van der Waals surface area contributed by atoms with E-state index >= 15 is 0 Å². The van der Waals surface area contributed by atoms with Crippen LogP contribution in [0.1, 0.15) is 18.4 Å². The second-order valence-electron chi connectivity index (χ2n) is 4.95. The summed E-state index contributed by atoms with van der Waals surface area (Å²) in [7, 11) is -3.59. The fourth-order valence-electron chi connectivity index (χ4n) is 2.15. The van der Waals surface area contributed by atoms with Crippen molar-refractivity contribution in [2.75, 3.05) is 11.5 Å². The fourth-order valence-corrected chi connectivity index (χ4v) is 3.58. The minimum Gasteiger partial charge on any atom is -0.399 e. The van der Waals surface area contributed by atoms with E-state index in [1.807, 2.05) is 30.3 Å². The van der Waals surface area contributed by atoms with E-state index < -0.39 is 15.7 Å². The van der Waals surface area contributed by atoms with Crippen molar-refractivity contribution < 1.29 is 12.8 Å². The molecule has 0 heterocycles. The number of nitrogens with two attached hydrogens (primary N) is 1.